The minimum atomic E-state index is -0.865. The number of methoxy groups -OCH3 is 1. The van der Waals surface area contributed by atoms with Crippen LogP contribution in [0.15, 0.2) is 68.7 Å². The summed E-state index contributed by atoms with van der Waals surface area (Å²) >= 11 is 1.13. The number of halogens is 1. The summed E-state index contributed by atoms with van der Waals surface area (Å²) in [6.45, 7) is 0. The van der Waals surface area contributed by atoms with Gasteiger partial charge in [0.2, 0.25) is 11.2 Å². The lowest BCUT2D eigenvalue weighted by atomic mass is 9.92. The molecular weight excluding hydrogens is 411 g/mol. The number of carbonyl (C=O) groups excluding carboxylic acids is 1. The molecule has 2 aromatic carbocycles. The highest BCUT2D eigenvalue weighted by molar-refractivity contribution is 7.98. The maximum atomic E-state index is 13.9. The van der Waals surface area contributed by atoms with E-state index in [9.17, 15) is 24.2 Å². The Labute approximate surface area is 175 Å². The molecule has 1 aromatic heterocycles. The summed E-state index contributed by atoms with van der Waals surface area (Å²) in [7, 11) is 1.22. The molecule has 30 heavy (non-hydrogen) atoms. The number of aromatic hydroxyl groups is 2. The molecule has 2 N–H and O–H groups in total. The molecule has 0 aliphatic heterocycles. The van der Waals surface area contributed by atoms with E-state index in [2.05, 4.69) is 0 Å². The van der Waals surface area contributed by atoms with Crippen molar-refractivity contribution in [1.29, 1.82) is 0 Å². The van der Waals surface area contributed by atoms with Gasteiger partial charge in [-0.3, -0.25) is 9.59 Å². The molecule has 0 aliphatic rings. The van der Waals surface area contributed by atoms with Crippen molar-refractivity contribution >= 4 is 17.7 Å². The molecule has 0 bridgehead atoms. The third kappa shape index (κ3) is 5.01. The Hall–Kier alpha value is -3.26. The first-order valence-electron chi connectivity index (χ1n) is 8.98. The monoisotopic (exact) mass is 430 g/mol. The lowest BCUT2D eigenvalue weighted by Gasteiger charge is -2.17. The molecule has 0 saturated carbocycles. The van der Waals surface area contributed by atoms with Crippen LogP contribution in [0, 0.1) is 5.82 Å². The highest BCUT2D eigenvalue weighted by Crippen LogP contribution is 2.35. The second kappa shape index (κ2) is 9.49. The summed E-state index contributed by atoms with van der Waals surface area (Å²) in [6.07, 6.45) is -0.222. The van der Waals surface area contributed by atoms with Gasteiger partial charge in [-0.05, 0) is 29.8 Å². The number of hydrogen-bond acceptors (Lipinski definition) is 7. The quantitative estimate of drug-likeness (QED) is 0.429. The number of carbonyl (C=O) groups is 1. The van der Waals surface area contributed by atoms with E-state index in [1.807, 2.05) is 0 Å². The van der Waals surface area contributed by atoms with E-state index in [1.165, 1.54) is 25.3 Å². The van der Waals surface area contributed by atoms with Gasteiger partial charge in [0.25, 0.3) is 0 Å². The van der Waals surface area contributed by atoms with Gasteiger partial charge in [-0.25, -0.2) is 4.39 Å². The van der Waals surface area contributed by atoms with Gasteiger partial charge in [-0.15, -0.1) is 11.8 Å². The van der Waals surface area contributed by atoms with Gasteiger partial charge < -0.3 is 19.4 Å². The Morgan fingerprint density at radius 2 is 1.93 bits per heavy atom. The van der Waals surface area contributed by atoms with Crippen molar-refractivity contribution in [3.63, 3.8) is 0 Å². The largest absolute Gasteiger partial charge is 0.508 e. The Morgan fingerprint density at radius 3 is 2.63 bits per heavy atom. The fraction of sp³-hybridized carbons (Fsp3) is 0.182. The fourth-order valence-corrected chi connectivity index (χ4v) is 3.75. The third-order valence-corrected chi connectivity index (χ3v) is 5.46. The standard InChI is InChI=1S/C22H19FO6S/c1-28-20(26)11-16(13-5-4-6-14(24)9-13)22-21(27)18(25)10-15(29-22)12-30-19-8-3-2-7-17(19)23/h2-10,16,24,27H,11-12H2,1H3/t16-/m1/s1. The Bertz CT molecular complexity index is 1110. The number of hydrogen-bond donors (Lipinski definition) is 2. The Kier molecular flexibility index (Phi) is 6.79. The summed E-state index contributed by atoms with van der Waals surface area (Å²) in [6, 6.07) is 13.4. The molecule has 0 unspecified atom stereocenters. The van der Waals surface area contributed by atoms with Gasteiger partial charge in [0.1, 0.15) is 17.3 Å². The molecule has 1 heterocycles. The first-order valence-corrected chi connectivity index (χ1v) is 9.96. The van der Waals surface area contributed by atoms with Gasteiger partial charge in [0.05, 0.1) is 25.2 Å². The highest BCUT2D eigenvalue weighted by Gasteiger charge is 2.27. The molecule has 3 rings (SSSR count). The van der Waals surface area contributed by atoms with Crippen LogP contribution in [-0.2, 0) is 15.3 Å². The van der Waals surface area contributed by atoms with Gasteiger partial charge in [0.15, 0.2) is 5.76 Å². The number of phenolic OH excluding ortho intramolecular Hbond substituents is 1. The van der Waals surface area contributed by atoms with Gasteiger partial charge in [-0.1, -0.05) is 24.3 Å². The number of thioether (sulfide) groups is 1. The first-order chi connectivity index (χ1) is 14.4. The zero-order valence-electron chi connectivity index (χ0n) is 16.0. The van der Waals surface area contributed by atoms with Crippen LogP contribution in [0.4, 0.5) is 4.39 Å². The normalized spacial score (nSPS) is 11.8. The first kappa shape index (κ1) is 21.4. The average molecular weight is 430 g/mol. The molecule has 6 nitrogen and oxygen atoms in total. The molecule has 3 aromatic rings. The second-order valence-electron chi connectivity index (χ2n) is 6.44. The average Bonchev–Trinajstić information content (AvgIpc) is 2.73. The topological polar surface area (TPSA) is 97.0 Å². The zero-order valence-corrected chi connectivity index (χ0v) is 16.8. The van der Waals surface area contributed by atoms with E-state index in [1.54, 1.807) is 30.3 Å². The maximum Gasteiger partial charge on any atom is 0.306 e. The van der Waals surface area contributed by atoms with Crippen LogP contribution in [0.5, 0.6) is 11.5 Å². The summed E-state index contributed by atoms with van der Waals surface area (Å²) in [5, 5.41) is 20.2. The predicted molar refractivity (Wildman–Crippen MR) is 109 cm³/mol. The zero-order chi connectivity index (χ0) is 21.7. The number of ether oxygens (including phenoxy) is 1. The Morgan fingerprint density at radius 1 is 1.17 bits per heavy atom. The van der Waals surface area contributed by atoms with Crippen molar-refractivity contribution in [1.82, 2.24) is 0 Å². The highest BCUT2D eigenvalue weighted by atomic mass is 32.2. The van der Waals surface area contributed by atoms with Crippen LogP contribution < -0.4 is 5.43 Å². The van der Waals surface area contributed by atoms with Gasteiger partial charge >= 0.3 is 5.97 Å². The number of rotatable bonds is 7. The molecule has 0 fully saturated rings. The summed E-state index contributed by atoms with van der Waals surface area (Å²) in [4.78, 5) is 24.7. The van der Waals surface area contributed by atoms with Crippen molar-refractivity contribution in [3.05, 3.63) is 87.7 Å². The van der Waals surface area contributed by atoms with Crippen LogP contribution in [0.2, 0.25) is 0 Å². The van der Waals surface area contributed by atoms with E-state index in [4.69, 9.17) is 9.15 Å². The predicted octanol–water partition coefficient (Wildman–Crippen LogP) is 4.18. The van der Waals surface area contributed by atoms with Gasteiger partial charge in [-0.2, -0.15) is 0 Å². The Balaban J connectivity index is 1.99. The van der Waals surface area contributed by atoms with Crippen LogP contribution in [0.1, 0.15) is 29.4 Å². The number of esters is 1. The minimum absolute atomic E-state index is 0.0459. The van der Waals surface area contributed by atoms with E-state index in [0.29, 0.717) is 10.5 Å². The lowest BCUT2D eigenvalue weighted by Crippen LogP contribution is -2.14. The molecule has 0 saturated heterocycles. The van der Waals surface area contributed by atoms with Crippen LogP contribution in [-0.4, -0.2) is 23.3 Å². The van der Waals surface area contributed by atoms with Crippen LogP contribution >= 0.6 is 11.8 Å². The third-order valence-electron chi connectivity index (χ3n) is 4.39. The number of phenols is 1. The van der Waals surface area contributed by atoms with Crippen molar-refractivity contribution in [2.45, 2.75) is 23.0 Å². The van der Waals surface area contributed by atoms with E-state index >= 15 is 0 Å². The summed E-state index contributed by atoms with van der Waals surface area (Å²) in [5.41, 5.74) is -0.229. The molecule has 0 aliphatic carbocycles. The SMILES string of the molecule is COC(=O)C[C@H](c1cccc(O)c1)c1oc(CSc2ccccc2F)cc(=O)c1O. The molecule has 1 atom stereocenters. The van der Waals surface area contributed by atoms with Crippen molar-refractivity contribution in [2.24, 2.45) is 0 Å². The van der Waals surface area contributed by atoms with Crippen LogP contribution in [0.25, 0.3) is 0 Å². The van der Waals surface area contributed by atoms with Crippen molar-refractivity contribution in [2.75, 3.05) is 7.11 Å². The smallest absolute Gasteiger partial charge is 0.306 e. The van der Waals surface area contributed by atoms with E-state index < -0.39 is 28.9 Å². The van der Waals surface area contributed by atoms with Crippen molar-refractivity contribution < 1.29 is 28.6 Å². The maximum absolute atomic E-state index is 13.9. The molecular formula is C22H19FO6S. The lowest BCUT2D eigenvalue weighted by molar-refractivity contribution is -0.140. The van der Waals surface area contributed by atoms with E-state index in [-0.39, 0.29) is 29.4 Å². The summed E-state index contributed by atoms with van der Waals surface area (Å²) in [5.74, 6) is -2.31. The number of benzene rings is 2. The fourth-order valence-electron chi connectivity index (χ4n) is 2.93. The second-order valence-corrected chi connectivity index (χ2v) is 7.45. The summed E-state index contributed by atoms with van der Waals surface area (Å²) < 4.78 is 24.4. The molecule has 0 radical (unpaired) electrons. The van der Waals surface area contributed by atoms with Crippen LogP contribution in [0.3, 0.4) is 0 Å². The van der Waals surface area contributed by atoms with Gasteiger partial charge in [0, 0.05) is 11.0 Å². The minimum Gasteiger partial charge on any atom is -0.508 e. The molecule has 8 heteroatoms. The van der Waals surface area contributed by atoms with E-state index in [0.717, 1.165) is 17.8 Å². The molecule has 0 spiro atoms. The molecule has 156 valence electrons. The molecule has 0 amide bonds. The van der Waals surface area contributed by atoms with Crippen molar-refractivity contribution in [3.8, 4) is 11.5 Å².